The molecule has 17 heavy (non-hydrogen) atoms. The van der Waals surface area contributed by atoms with Gasteiger partial charge in [-0.25, -0.2) is 4.89 Å². The third-order valence-corrected chi connectivity index (χ3v) is 4.09. The first kappa shape index (κ1) is 11.4. The van der Waals surface area contributed by atoms with Gasteiger partial charge in [0.05, 0.1) is 5.57 Å². The van der Waals surface area contributed by atoms with E-state index in [4.69, 9.17) is 9.78 Å². The maximum Gasteiger partial charge on any atom is 0.228 e. The van der Waals surface area contributed by atoms with Crippen molar-refractivity contribution in [2.24, 2.45) is 0 Å². The molecular weight excluding hydrogens is 220 g/mol. The van der Waals surface area contributed by atoms with Gasteiger partial charge in [-0.3, -0.25) is 4.79 Å². The Labute approximate surface area is 101 Å². The lowest BCUT2D eigenvalue weighted by atomic mass is 9.78. The van der Waals surface area contributed by atoms with Gasteiger partial charge in [-0.15, -0.1) is 0 Å². The summed E-state index contributed by atoms with van der Waals surface area (Å²) in [6.45, 7) is 0. The molecule has 0 saturated heterocycles. The van der Waals surface area contributed by atoms with E-state index in [0.29, 0.717) is 24.8 Å². The van der Waals surface area contributed by atoms with Gasteiger partial charge in [0.25, 0.3) is 0 Å². The van der Waals surface area contributed by atoms with Crippen molar-refractivity contribution in [2.45, 2.75) is 62.8 Å². The number of carbonyl (C=O) groups is 1. The molecule has 2 aliphatic carbocycles. The first-order valence-electron chi connectivity index (χ1n) is 6.49. The lowest BCUT2D eigenvalue weighted by Gasteiger charge is -2.44. The Morgan fingerprint density at radius 2 is 1.82 bits per heavy atom. The van der Waals surface area contributed by atoms with Crippen LogP contribution in [0.1, 0.15) is 51.4 Å². The summed E-state index contributed by atoms with van der Waals surface area (Å²) in [6, 6.07) is 0. The van der Waals surface area contributed by atoms with E-state index in [1.807, 2.05) is 6.08 Å². The van der Waals surface area contributed by atoms with Gasteiger partial charge in [0.2, 0.25) is 5.79 Å². The van der Waals surface area contributed by atoms with Gasteiger partial charge >= 0.3 is 0 Å². The molecule has 0 amide bonds. The molecule has 0 bridgehead atoms. The minimum atomic E-state index is -1.49. The van der Waals surface area contributed by atoms with Gasteiger partial charge in [0.15, 0.2) is 5.78 Å². The van der Waals surface area contributed by atoms with Gasteiger partial charge in [-0.05, 0) is 25.3 Å². The van der Waals surface area contributed by atoms with Gasteiger partial charge in [-0.2, -0.15) is 4.89 Å². The predicted octanol–water partition coefficient (Wildman–Crippen LogP) is 2.02. The minimum absolute atomic E-state index is 0.00648. The number of rotatable bonds is 0. The molecule has 0 radical (unpaired) electrons. The molecule has 1 aliphatic heterocycles. The Kier molecular flexibility index (Phi) is 2.61. The quantitative estimate of drug-likeness (QED) is 0.656. The van der Waals surface area contributed by atoms with Crippen LogP contribution in [0, 0.1) is 0 Å². The Bertz CT molecular complexity index is 368. The number of hydrogen-bond acceptors (Lipinski definition) is 4. The predicted molar refractivity (Wildman–Crippen MR) is 59.9 cm³/mol. The molecule has 0 aromatic carbocycles. The highest BCUT2D eigenvalue weighted by Crippen LogP contribution is 2.44. The second kappa shape index (κ2) is 3.90. The zero-order valence-electron chi connectivity index (χ0n) is 9.91. The van der Waals surface area contributed by atoms with Crippen molar-refractivity contribution >= 4 is 5.78 Å². The molecule has 0 aromatic rings. The second-order valence-electron chi connectivity index (χ2n) is 5.41. The lowest BCUT2D eigenvalue weighted by Crippen LogP contribution is -2.50. The highest BCUT2D eigenvalue weighted by Gasteiger charge is 2.49. The van der Waals surface area contributed by atoms with Crippen molar-refractivity contribution in [2.75, 3.05) is 0 Å². The smallest absolute Gasteiger partial charge is 0.228 e. The van der Waals surface area contributed by atoms with Crippen LogP contribution in [0.2, 0.25) is 0 Å². The van der Waals surface area contributed by atoms with E-state index in [-0.39, 0.29) is 5.78 Å². The number of fused-ring (bicyclic) bond motifs is 1. The molecular formula is C13H18O4. The monoisotopic (exact) mass is 238 g/mol. The topological polar surface area (TPSA) is 55.8 Å². The molecule has 1 N–H and O–H groups in total. The van der Waals surface area contributed by atoms with Crippen molar-refractivity contribution in [3.63, 3.8) is 0 Å². The highest BCUT2D eigenvalue weighted by molar-refractivity contribution is 5.98. The van der Waals surface area contributed by atoms with Crippen LogP contribution in [-0.4, -0.2) is 22.3 Å². The highest BCUT2D eigenvalue weighted by atomic mass is 17.2. The summed E-state index contributed by atoms with van der Waals surface area (Å²) < 4.78 is 0. The molecule has 1 heterocycles. The fraction of sp³-hybridized carbons (Fsp3) is 0.769. The average molecular weight is 238 g/mol. The van der Waals surface area contributed by atoms with E-state index in [1.165, 1.54) is 6.42 Å². The summed E-state index contributed by atoms with van der Waals surface area (Å²) in [5, 5.41) is 10.2. The van der Waals surface area contributed by atoms with E-state index in [2.05, 4.69) is 0 Å². The second-order valence-corrected chi connectivity index (χ2v) is 5.41. The fourth-order valence-corrected chi connectivity index (χ4v) is 3.07. The van der Waals surface area contributed by atoms with Crippen molar-refractivity contribution in [3.05, 3.63) is 11.6 Å². The van der Waals surface area contributed by atoms with E-state index in [0.717, 1.165) is 25.7 Å². The molecule has 2 saturated carbocycles. The third kappa shape index (κ3) is 1.84. The Balaban J connectivity index is 1.95. The van der Waals surface area contributed by atoms with Crippen LogP contribution in [0.4, 0.5) is 0 Å². The standard InChI is InChI=1S/C13H18O4/c14-11-5-4-8-13(15)10(11)9-12(16-17-13)6-2-1-3-7-12/h9,15H,1-8H2. The maximum atomic E-state index is 11.9. The van der Waals surface area contributed by atoms with Gasteiger partial charge < -0.3 is 5.11 Å². The molecule has 94 valence electrons. The fourth-order valence-electron chi connectivity index (χ4n) is 3.07. The maximum absolute atomic E-state index is 11.9. The summed E-state index contributed by atoms with van der Waals surface area (Å²) >= 11 is 0. The zero-order valence-corrected chi connectivity index (χ0v) is 9.91. The van der Waals surface area contributed by atoms with Crippen LogP contribution >= 0.6 is 0 Å². The number of hydrogen-bond donors (Lipinski definition) is 1. The number of carbonyl (C=O) groups excluding carboxylic acids is 1. The molecule has 1 atom stereocenters. The molecule has 4 nitrogen and oxygen atoms in total. The Morgan fingerprint density at radius 1 is 1.06 bits per heavy atom. The number of Topliss-reactive ketones (excluding diaryl/α,β-unsaturated/α-hetero) is 1. The van der Waals surface area contributed by atoms with Crippen molar-refractivity contribution in [1.82, 2.24) is 0 Å². The van der Waals surface area contributed by atoms with Crippen LogP contribution < -0.4 is 0 Å². The first-order valence-corrected chi connectivity index (χ1v) is 6.49. The van der Waals surface area contributed by atoms with Crippen molar-refractivity contribution in [3.8, 4) is 0 Å². The van der Waals surface area contributed by atoms with Crippen LogP contribution in [-0.2, 0) is 14.6 Å². The Hall–Kier alpha value is -0.710. The lowest BCUT2D eigenvalue weighted by molar-refractivity contribution is -0.453. The zero-order chi connectivity index (χ0) is 11.9. The SMILES string of the molecule is O=C1CCCC2(O)OOC3(C=C12)CCCCC3. The summed E-state index contributed by atoms with van der Waals surface area (Å²) in [4.78, 5) is 22.5. The van der Waals surface area contributed by atoms with Crippen LogP contribution in [0.3, 0.4) is 0 Å². The molecule has 2 fully saturated rings. The van der Waals surface area contributed by atoms with E-state index in [1.54, 1.807) is 0 Å². The van der Waals surface area contributed by atoms with Gasteiger partial charge in [-0.1, -0.05) is 19.3 Å². The molecule has 0 aromatic heterocycles. The van der Waals surface area contributed by atoms with Gasteiger partial charge in [0.1, 0.15) is 5.60 Å². The van der Waals surface area contributed by atoms with Crippen LogP contribution in [0.25, 0.3) is 0 Å². The molecule has 3 aliphatic rings. The van der Waals surface area contributed by atoms with Crippen LogP contribution in [0.5, 0.6) is 0 Å². The minimum Gasteiger partial charge on any atom is -0.360 e. The molecule has 1 spiro atoms. The summed E-state index contributed by atoms with van der Waals surface area (Å²) in [5.74, 6) is -1.48. The summed E-state index contributed by atoms with van der Waals surface area (Å²) in [7, 11) is 0. The molecule has 1 unspecified atom stereocenters. The largest absolute Gasteiger partial charge is 0.360 e. The summed E-state index contributed by atoms with van der Waals surface area (Å²) in [5.41, 5.74) is -0.0378. The molecule has 3 rings (SSSR count). The first-order chi connectivity index (χ1) is 8.14. The number of ketones is 1. The normalized spacial score (nSPS) is 36.5. The molecule has 4 heteroatoms. The van der Waals surface area contributed by atoms with E-state index >= 15 is 0 Å². The van der Waals surface area contributed by atoms with E-state index in [9.17, 15) is 9.90 Å². The van der Waals surface area contributed by atoms with Crippen LogP contribution in [0.15, 0.2) is 11.6 Å². The third-order valence-electron chi connectivity index (χ3n) is 4.09. The Morgan fingerprint density at radius 3 is 2.59 bits per heavy atom. The van der Waals surface area contributed by atoms with Crippen molar-refractivity contribution < 1.29 is 19.7 Å². The van der Waals surface area contributed by atoms with Gasteiger partial charge in [0, 0.05) is 12.8 Å². The summed E-state index contributed by atoms with van der Waals surface area (Å²) in [6.07, 6.45) is 8.57. The average Bonchev–Trinajstić information content (AvgIpc) is 2.33. The number of aliphatic hydroxyl groups is 1. The van der Waals surface area contributed by atoms with Crippen molar-refractivity contribution in [1.29, 1.82) is 0 Å². The van der Waals surface area contributed by atoms with E-state index < -0.39 is 11.4 Å².